The Balaban J connectivity index is 1.51. The molecule has 0 aliphatic carbocycles. The quantitative estimate of drug-likeness (QED) is 0.712. The fraction of sp³-hybridized carbons (Fsp3) is 0.333. The lowest BCUT2D eigenvalue weighted by Crippen LogP contribution is -2.42. The van der Waals surface area contributed by atoms with Crippen LogP contribution in [0.2, 0.25) is 0 Å². The van der Waals surface area contributed by atoms with Crippen LogP contribution >= 0.6 is 11.3 Å². The number of hydrogen-bond acceptors (Lipinski definition) is 3. The number of nitrogens with one attached hydrogen (secondary N) is 1. The van der Waals surface area contributed by atoms with E-state index in [1.54, 1.807) is 17.4 Å². The summed E-state index contributed by atoms with van der Waals surface area (Å²) in [5.74, 6) is -0.632. The average molecular weight is 399 g/mol. The van der Waals surface area contributed by atoms with Gasteiger partial charge in [0.15, 0.2) is 0 Å². The maximum atomic E-state index is 13.6. The molecule has 0 unspecified atom stereocenters. The van der Waals surface area contributed by atoms with E-state index in [-0.39, 0.29) is 24.2 Å². The van der Waals surface area contributed by atoms with Crippen molar-refractivity contribution in [1.29, 1.82) is 0 Å². The Labute approximate surface area is 166 Å². The first kappa shape index (κ1) is 18.7. The molecule has 1 N–H and O–H groups in total. The van der Waals surface area contributed by atoms with Crippen molar-refractivity contribution < 1.29 is 14.0 Å². The lowest BCUT2D eigenvalue weighted by Gasteiger charge is -2.26. The molecule has 0 bridgehead atoms. The van der Waals surface area contributed by atoms with E-state index in [2.05, 4.69) is 5.32 Å². The number of benzene rings is 1. The molecule has 1 aliphatic heterocycles. The molecule has 0 atom stereocenters. The van der Waals surface area contributed by atoms with Gasteiger partial charge >= 0.3 is 0 Å². The Morgan fingerprint density at radius 2 is 1.93 bits per heavy atom. The van der Waals surface area contributed by atoms with Gasteiger partial charge in [-0.25, -0.2) is 4.39 Å². The molecule has 3 heterocycles. The van der Waals surface area contributed by atoms with E-state index in [4.69, 9.17) is 0 Å². The summed E-state index contributed by atoms with van der Waals surface area (Å²) in [6.45, 7) is 1.92. The largest absolute Gasteiger partial charge is 0.342 e. The van der Waals surface area contributed by atoms with E-state index in [0.29, 0.717) is 12.2 Å². The van der Waals surface area contributed by atoms with Crippen LogP contribution in [0.5, 0.6) is 0 Å². The highest BCUT2D eigenvalue weighted by Gasteiger charge is 2.20. The van der Waals surface area contributed by atoms with Crippen LogP contribution in [0.1, 0.15) is 35.3 Å². The maximum Gasteiger partial charge on any atom is 0.268 e. The van der Waals surface area contributed by atoms with Crippen molar-refractivity contribution in [3.63, 3.8) is 0 Å². The second-order valence-corrected chi connectivity index (χ2v) is 7.99. The fourth-order valence-electron chi connectivity index (χ4n) is 3.66. The zero-order chi connectivity index (χ0) is 19.5. The third-order valence-corrected chi connectivity index (χ3v) is 5.95. The lowest BCUT2D eigenvalue weighted by molar-refractivity contribution is -0.130. The average Bonchev–Trinajstić information content (AvgIpc) is 3.29. The molecule has 2 amide bonds. The van der Waals surface area contributed by atoms with E-state index < -0.39 is 0 Å². The first-order chi connectivity index (χ1) is 13.6. The molecule has 5 nitrogen and oxygen atoms in total. The summed E-state index contributed by atoms with van der Waals surface area (Å²) in [6, 6.07) is 10.2. The van der Waals surface area contributed by atoms with E-state index in [9.17, 15) is 14.0 Å². The van der Waals surface area contributed by atoms with Crippen molar-refractivity contribution in [2.75, 3.05) is 19.6 Å². The van der Waals surface area contributed by atoms with Crippen LogP contribution < -0.4 is 5.32 Å². The highest BCUT2D eigenvalue weighted by molar-refractivity contribution is 7.17. The molecular weight excluding hydrogens is 377 g/mol. The van der Waals surface area contributed by atoms with Gasteiger partial charge in [0.2, 0.25) is 5.91 Å². The predicted molar refractivity (Wildman–Crippen MR) is 108 cm³/mol. The summed E-state index contributed by atoms with van der Waals surface area (Å²) in [5, 5.41) is 4.73. The molecule has 2 aromatic heterocycles. The van der Waals surface area contributed by atoms with Crippen molar-refractivity contribution in [2.24, 2.45) is 0 Å². The van der Waals surface area contributed by atoms with Gasteiger partial charge in [-0.05, 0) is 54.5 Å². The summed E-state index contributed by atoms with van der Waals surface area (Å²) in [6.07, 6.45) is 3.19. The van der Waals surface area contributed by atoms with Gasteiger partial charge in [-0.15, -0.1) is 11.3 Å². The molecule has 146 valence electrons. The summed E-state index contributed by atoms with van der Waals surface area (Å²) < 4.78 is 16.4. The second kappa shape index (κ2) is 8.14. The maximum absolute atomic E-state index is 13.6. The van der Waals surface area contributed by atoms with Crippen molar-refractivity contribution in [2.45, 2.75) is 25.8 Å². The number of nitrogens with zero attached hydrogens (tertiary/aromatic N) is 2. The summed E-state index contributed by atoms with van der Waals surface area (Å²) in [4.78, 5) is 27.0. The molecule has 28 heavy (non-hydrogen) atoms. The second-order valence-electron chi connectivity index (χ2n) is 7.04. The summed E-state index contributed by atoms with van der Waals surface area (Å²) >= 11 is 1.55. The van der Waals surface area contributed by atoms with Gasteiger partial charge in [-0.1, -0.05) is 12.1 Å². The van der Waals surface area contributed by atoms with E-state index >= 15 is 0 Å². The number of halogens is 1. The van der Waals surface area contributed by atoms with Crippen LogP contribution in [-0.4, -0.2) is 40.9 Å². The monoisotopic (exact) mass is 399 g/mol. The summed E-state index contributed by atoms with van der Waals surface area (Å²) in [5.41, 5.74) is 2.20. The van der Waals surface area contributed by atoms with Gasteiger partial charge in [0.05, 0.1) is 16.8 Å². The lowest BCUT2D eigenvalue weighted by atomic mass is 10.1. The Morgan fingerprint density at radius 1 is 1.11 bits per heavy atom. The van der Waals surface area contributed by atoms with E-state index in [1.807, 2.05) is 33.0 Å². The third-order valence-electron chi connectivity index (χ3n) is 5.09. The number of amides is 2. The highest BCUT2D eigenvalue weighted by Crippen LogP contribution is 2.26. The van der Waals surface area contributed by atoms with Crippen LogP contribution in [0.3, 0.4) is 0 Å². The fourth-order valence-corrected chi connectivity index (χ4v) is 4.48. The Kier molecular flexibility index (Phi) is 5.43. The molecule has 4 rings (SSSR count). The van der Waals surface area contributed by atoms with Gasteiger partial charge in [-0.2, -0.15) is 0 Å². The standard InChI is InChI=1S/C21H22FN3O2S/c22-16-6-4-5-15(11-16)14-25-17-7-10-28-19(17)12-18(25)21(27)23-13-20(26)24-8-2-1-3-9-24/h4-7,10-12H,1-3,8-9,13-14H2,(H,23,27). The number of carbonyl (C=O) groups is 2. The molecule has 1 saturated heterocycles. The van der Waals surface area contributed by atoms with Crippen LogP contribution in [0, 0.1) is 5.82 Å². The number of likely N-dealkylation sites (tertiary alicyclic amines) is 1. The molecule has 1 fully saturated rings. The zero-order valence-corrected chi connectivity index (χ0v) is 16.3. The van der Waals surface area contributed by atoms with Crippen LogP contribution in [-0.2, 0) is 11.3 Å². The molecule has 3 aromatic rings. The smallest absolute Gasteiger partial charge is 0.268 e. The molecule has 7 heteroatoms. The predicted octanol–water partition coefficient (Wildman–Crippen LogP) is 3.63. The van der Waals surface area contributed by atoms with Crippen molar-refractivity contribution in [3.8, 4) is 0 Å². The van der Waals surface area contributed by atoms with Crippen LogP contribution in [0.15, 0.2) is 41.8 Å². The topological polar surface area (TPSA) is 54.3 Å². The molecular formula is C21H22FN3O2S. The van der Waals surface area contributed by atoms with Crippen LogP contribution in [0.4, 0.5) is 4.39 Å². The molecule has 0 spiro atoms. The van der Waals surface area contributed by atoms with Crippen molar-refractivity contribution in [1.82, 2.24) is 14.8 Å². The van der Waals surface area contributed by atoms with Gasteiger partial charge < -0.3 is 14.8 Å². The number of carbonyl (C=O) groups excluding carboxylic acids is 2. The molecule has 1 aromatic carbocycles. The first-order valence-electron chi connectivity index (χ1n) is 9.49. The Morgan fingerprint density at radius 3 is 2.71 bits per heavy atom. The van der Waals surface area contributed by atoms with E-state index in [1.165, 1.54) is 12.1 Å². The summed E-state index contributed by atoms with van der Waals surface area (Å²) in [7, 11) is 0. The number of fused-ring (bicyclic) bond motifs is 1. The van der Waals surface area contributed by atoms with Crippen molar-refractivity contribution >= 4 is 33.4 Å². The van der Waals surface area contributed by atoms with Gasteiger partial charge in [0, 0.05) is 19.6 Å². The van der Waals surface area contributed by atoms with Gasteiger partial charge in [-0.3, -0.25) is 9.59 Å². The number of aromatic nitrogens is 1. The minimum absolute atomic E-state index is 0.00235. The van der Waals surface area contributed by atoms with Gasteiger partial charge in [0.1, 0.15) is 11.5 Å². The molecule has 1 aliphatic rings. The third kappa shape index (κ3) is 3.94. The number of thiophene rings is 1. The number of hydrogen-bond donors (Lipinski definition) is 1. The number of rotatable bonds is 5. The molecule has 0 saturated carbocycles. The SMILES string of the molecule is O=C(NCC(=O)N1CCCCC1)c1cc2sccc2n1Cc1cccc(F)c1. The Hall–Kier alpha value is -2.67. The minimum atomic E-state index is -0.302. The van der Waals surface area contributed by atoms with E-state index in [0.717, 1.165) is 48.1 Å². The van der Waals surface area contributed by atoms with Gasteiger partial charge in [0.25, 0.3) is 5.91 Å². The zero-order valence-electron chi connectivity index (χ0n) is 15.5. The number of piperidine rings is 1. The minimum Gasteiger partial charge on any atom is -0.342 e. The van der Waals surface area contributed by atoms with Crippen molar-refractivity contribution in [3.05, 3.63) is 58.9 Å². The van der Waals surface area contributed by atoms with Crippen LogP contribution in [0.25, 0.3) is 10.2 Å². The highest BCUT2D eigenvalue weighted by atomic mass is 32.1. The normalized spacial score (nSPS) is 14.4. The first-order valence-corrected chi connectivity index (χ1v) is 10.4. The Bertz CT molecular complexity index is 1000. The molecule has 0 radical (unpaired) electrons.